The third kappa shape index (κ3) is 3.85. The lowest BCUT2D eigenvalue weighted by atomic mass is 10.1. The Morgan fingerprint density at radius 3 is 2.89 bits per heavy atom. The van der Waals surface area contributed by atoms with Gasteiger partial charge in [0.25, 0.3) is 0 Å². The van der Waals surface area contributed by atoms with Gasteiger partial charge in [-0.05, 0) is 56.6 Å². The number of rotatable bonds is 5. The van der Waals surface area contributed by atoms with Crippen LogP contribution in [0.4, 0.5) is 5.69 Å². The second kappa shape index (κ2) is 6.60. The summed E-state index contributed by atoms with van der Waals surface area (Å²) < 4.78 is 0. The molecule has 0 amide bonds. The van der Waals surface area contributed by atoms with Crippen LogP contribution in [0.25, 0.3) is 0 Å². The molecule has 0 spiro atoms. The Hall–Kier alpha value is -0.770. The van der Waals surface area contributed by atoms with Gasteiger partial charge in [0, 0.05) is 30.8 Å². The molecule has 1 unspecified atom stereocenters. The summed E-state index contributed by atoms with van der Waals surface area (Å²) in [5.74, 6) is 0.750. The van der Waals surface area contributed by atoms with Gasteiger partial charge in [-0.15, -0.1) is 0 Å². The number of halogens is 1. The Labute approximate surface area is 121 Å². The highest BCUT2D eigenvalue weighted by Crippen LogP contribution is 2.26. The van der Waals surface area contributed by atoms with Gasteiger partial charge >= 0.3 is 0 Å². The number of anilines is 1. The molecule has 1 saturated heterocycles. The van der Waals surface area contributed by atoms with Gasteiger partial charge in [0.15, 0.2) is 0 Å². The van der Waals surface area contributed by atoms with E-state index in [1.54, 1.807) is 0 Å². The molecule has 106 valence electrons. The van der Waals surface area contributed by atoms with E-state index in [4.69, 9.17) is 17.3 Å². The largest absolute Gasteiger partial charge is 0.374 e. The normalized spacial score (nSPS) is 19.9. The van der Waals surface area contributed by atoms with Crippen molar-refractivity contribution in [2.24, 2.45) is 11.7 Å². The fraction of sp³-hybridized carbons (Fsp3) is 0.600. The number of hydrogen-bond donors (Lipinski definition) is 1. The lowest BCUT2D eigenvalue weighted by molar-refractivity contribution is 0.396. The maximum atomic E-state index is 6.13. The van der Waals surface area contributed by atoms with Crippen LogP contribution in [0, 0.1) is 5.92 Å². The van der Waals surface area contributed by atoms with E-state index in [-0.39, 0.29) is 0 Å². The fourth-order valence-corrected chi connectivity index (χ4v) is 3.09. The van der Waals surface area contributed by atoms with E-state index >= 15 is 0 Å². The van der Waals surface area contributed by atoms with Crippen LogP contribution in [0.3, 0.4) is 0 Å². The van der Waals surface area contributed by atoms with Crippen LogP contribution in [-0.2, 0) is 6.42 Å². The molecule has 1 fully saturated rings. The van der Waals surface area contributed by atoms with Crippen molar-refractivity contribution in [3.05, 3.63) is 28.8 Å². The van der Waals surface area contributed by atoms with Crippen molar-refractivity contribution in [3.8, 4) is 0 Å². The summed E-state index contributed by atoms with van der Waals surface area (Å²) in [6, 6.07) is 6.11. The first-order valence-electron chi connectivity index (χ1n) is 6.98. The SMILES string of the molecule is CN1CCC(CN(C)c2cc(Cl)ccc2CCN)C1. The lowest BCUT2D eigenvalue weighted by Crippen LogP contribution is -2.28. The predicted molar refractivity (Wildman–Crippen MR) is 83.1 cm³/mol. The summed E-state index contributed by atoms with van der Waals surface area (Å²) in [5, 5.41) is 0.797. The van der Waals surface area contributed by atoms with Crippen molar-refractivity contribution < 1.29 is 0 Å². The third-order valence-electron chi connectivity index (χ3n) is 3.89. The lowest BCUT2D eigenvalue weighted by Gasteiger charge is -2.26. The average Bonchev–Trinajstić information content (AvgIpc) is 2.77. The minimum absolute atomic E-state index is 0.675. The summed E-state index contributed by atoms with van der Waals surface area (Å²) >= 11 is 6.13. The molecule has 0 aliphatic carbocycles. The van der Waals surface area contributed by atoms with Crippen LogP contribution in [0.15, 0.2) is 18.2 Å². The van der Waals surface area contributed by atoms with E-state index in [1.165, 1.54) is 30.8 Å². The summed E-state index contributed by atoms with van der Waals surface area (Å²) in [7, 11) is 4.35. The van der Waals surface area contributed by atoms with Crippen molar-refractivity contribution in [2.75, 3.05) is 45.2 Å². The molecule has 4 heteroatoms. The van der Waals surface area contributed by atoms with E-state index in [2.05, 4.69) is 36.0 Å². The summed E-state index contributed by atoms with van der Waals surface area (Å²) in [5.41, 5.74) is 8.21. The highest BCUT2D eigenvalue weighted by atomic mass is 35.5. The second-order valence-electron chi connectivity index (χ2n) is 5.61. The highest BCUT2D eigenvalue weighted by Gasteiger charge is 2.21. The van der Waals surface area contributed by atoms with Gasteiger partial charge in [-0.3, -0.25) is 0 Å². The molecule has 1 atom stereocenters. The molecule has 0 radical (unpaired) electrons. The molecular formula is C15H24ClN3. The molecule has 0 saturated carbocycles. The molecule has 2 rings (SSSR count). The average molecular weight is 282 g/mol. The first kappa shape index (κ1) is 14.6. The monoisotopic (exact) mass is 281 g/mol. The minimum Gasteiger partial charge on any atom is -0.374 e. The van der Waals surface area contributed by atoms with Gasteiger partial charge < -0.3 is 15.5 Å². The molecule has 3 nitrogen and oxygen atoms in total. The smallest absolute Gasteiger partial charge is 0.0426 e. The van der Waals surface area contributed by atoms with Gasteiger partial charge in [-0.25, -0.2) is 0 Å². The quantitative estimate of drug-likeness (QED) is 0.898. The van der Waals surface area contributed by atoms with Gasteiger partial charge in [0.05, 0.1) is 0 Å². The maximum Gasteiger partial charge on any atom is 0.0426 e. The van der Waals surface area contributed by atoms with Crippen LogP contribution in [0.2, 0.25) is 5.02 Å². The molecule has 0 bridgehead atoms. The molecule has 1 aromatic rings. The summed E-state index contributed by atoms with van der Waals surface area (Å²) in [4.78, 5) is 4.73. The van der Waals surface area contributed by atoms with Crippen LogP contribution < -0.4 is 10.6 Å². The van der Waals surface area contributed by atoms with Crippen molar-refractivity contribution >= 4 is 17.3 Å². The Morgan fingerprint density at radius 2 is 2.26 bits per heavy atom. The van der Waals surface area contributed by atoms with Crippen LogP contribution in [-0.4, -0.2) is 45.2 Å². The van der Waals surface area contributed by atoms with E-state index < -0.39 is 0 Å². The number of benzene rings is 1. The fourth-order valence-electron chi connectivity index (χ4n) is 2.92. The van der Waals surface area contributed by atoms with E-state index in [0.29, 0.717) is 6.54 Å². The molecule has 1 aliphatic rings. The van der Waals surface area contributed by atoms with E-state index in [0.717, 1.165) is 23.9 Å². The highest BCUT2D eigenvalue weighted by molar-refractivity contribution is 6.30. The molecule has 19 heavy (non-hydrogen) atoms. The summed E-state index contributed by atoms with van der Waals surface area (Å²) in [6.45, 7) is 4.16. The molecular weight excluding hydrogens is 258 g/mol. The number of hydrogen-bond acceptors (Lipinski definition) is 3. The Bertz CT molecular complexity index is 422. The molecule has 2 N–H and O–H groups in total. The standard InChI is InChI=1S/C15H24ClN3/c1-18-8-6-12(10-18)11-19(2)15-9-14(16)4-3-13(15)5-7-17/h3-4,9,12H,5-8,10-11,17H2,1-2H3. The van der Waals surface area contributed by atoms with Gasteiger partial charge in [0.1, 0.15) is 0 Å². The maximum absolute atomic E-state index is 6.13. The van der Waals surface area contributed by atoms with Crippen molar-refractivity contribution in [3.63, 3.8) is 0 Å². The first-order chi connectivity index (χ1) is 9.10. The van der Waals surface area contributed by atoms with Crippen molar-refractivity contribution in [2.45, 2.75) is 12.8 Å². The Morgan fingerprint density at radius 1 is 1.47 bits per heavy atom. The number of nitrogens with two attached hydrogens (primary N) is 1. The third-order valence-corrected chi connectivity index (χ3v) is 4.13. The summed E-state index contributed by atoms with van der Waals surface area (Å²) in [6.07, 6.45) is 2.19. The van der Waals surface area contributed by atoms with E-state index in [9.17, 15) is 0 Å². The molecule has 0 aromatic heterocycles. The van der Waals surface area contributed by atoms with E-state index in [1.807, 2.05) is 6.07 Å². The molecule has 1 aromatic carbocycles. The Balaban J connectivity index is 2.08. The topological polar surface area (TPSA) is 32.5 Å². The predicted octanol–water partition coefficient (Wildman–Crippen LogP) is 2.23. The van der Waals surface area contributed by atoms with Gasteiger partial charge in [-0.1, -0.05) is 17.7 Å². The molecule has 1 heterocycles. The number of nitrogens with zero attached hydrogens (tertiary/aromatic N) is 2. The molecule has 1 aliphatic heterocycles. The van der Waals surface area contributed by atoms with Crippen molar-refractivity contribution in [1.82, 2.24) is 4.90 Å². The number of likely N-dealkylation sites (tertiary alicyclic amines) is 1. The van der Waals surface area contributed by atoms with Crippen LogP contribution in [0.5, 0.6) is 0 Å². The zero-order valence-corrected chi connectivity index (χ0v) is 12.7. The van der Waals surface area contributed by atoms with Crippen molar-refractivity contribution in [1.29, 1.82) is 0 Å². The van der Waals surface area contributed by atoms with Gasteiger partial charge in [-0.2, -0.15) is 0 Å². The Kier molecular flexibility index (Phi) is 5.08. The van der Waals surface area contributed by atoms with Crippen LogP contribution in [0.1, 0.15) is 12.0 Å². The zero-order chi connectivity index (χ0) is 13.8. The first-order valence-corrected chi connectivity index (χ1v) is 7.36. The minimum atomic E-state index is 0.675. The zero-order valence-electron chi connectivity index (χ0n) is 11.9. The van der Waals surface area contributed by atoms with Crippen LogP contribution >= 0.6 is 11.6 Å². The van der Waals surface area contributed by atoms with Gasteiger partial charge in [0.2, 0.25) is 0 Å². The second-order valence-corrected chi connectivity index (χ2v) is 6.05.